The molecule has 0 aliphatic rings. The lowest BCUT2D eigenvalue weighted by molar-refractivity contribution is -0.121. The van der Waals surface area contributed by atoms with E-state index in [4.69, 9.17) is 0 Å². The molecule has 0 radical (unpaired) electrons. The molecule has 1 amide bonds. The summed E-state index contributed by atoms with van der Waals surface area (Å²) < 4.78 is 51.0. The fraction of sp³-hybridized carbons (Fsp3) is 0.350. The van der Waals surface area contributed by atoms with E-state index in [2.05, 4.69) is 5.32 Å². The molecule has 0 heterocycles. The normalized spacial score (nSPS) is 11.2. The van der Waals surface area contributed by atoms with Crippen molar-refractivity contribution in [2.75, 3.05) is 23.7 Å². The molecule has 0 aromatic heterocycles. The van der Waals surface area contributed by atoms with Gasteiger partial charge in [-0.2, -0.15) is 0 Å². The zero-order valence-electron chi connectivity index (χ0n) is 15.7. The number of benzene rings is 2. The van der Waals surface area contributed by atoms with Crippen LogP contribution in [-0.2, 0) is 21.2 Å². The summed E-state index contributed by atoms with van der Waals surface area (Å²) in [5.41, 5.74) is 1.36. The molecule has 0 atom stereocenters. The highest BCUT2D eigenvalue weighted by molar-refractivity contribution is 7.92. The minimum absolute atomic E-state index is 0.132. The maximum Gasteiger partial charge on any atom is 0.232 e. The number of amides is 1. The topological polar surface area (TPSA) is 66.5 Å². The minimum atomic E-state index is -3.53. The van der Waals surface area contributed by atoms with E-state index >= 15 is 0 Å². The van der Waals surface area contributed by atoms with Crippen LogP contribution in [0, 0.1) is 11.6 Å². The van der Waals surface area contributed by atoms with Crippen molar-refractivity contribution < 1.29 is 22.0 Å². The van der Waals surface area contributed by atoms with Crippen molar-refractivity contribution in [3.63, 3.8) is 0 Å². The van der Waals surface area contributed by atoms with E-state index in [0.717, 1.165) is 29.0 Å². The Morgan fingerprint density at radius 1 is 0.964 bits per heavy atom. The second-order valence-electron chi connectivity index (χ2n) is 6.50. The number of nitrogens with one attached hydrogen (secondary N) is 1. The lowest BCUT2D eigenvalue weighted by Gasteiger charge is -2.22. The van der Waals surface area contributed by atoms with Crippen LogP contribution in [0.3, 0.4) is 0 Å². The van der Waals surface area contributed by atoms with E-state index in [-0.39, 0.29) is 24.7 Å². The molecule has 0 unspecified atom stereocenters. The first-order valence-corrected chi connectivity index (χ1v) is 10.8. The van der Waals surface area contributed by atoms with Gasteiger partial charge in [-0.25, -0.2) is 17.2 Å². The van der Waals surface area contributed by atoms with Gasteiger partial charge in [-0.15, -0.1) is 0 Å². The van der Waals surface area contributed by atoms with Crippen LogP contribution in [-0.4, -0.2) is 33.7 Å². The van der Waals surface area contributed by atoms with Gasteiger partial charge in [-0.3, -0.25) is 9.10 Å². The Balaban J connectivity index is 1.73. The number of rotatable bonds is 10. The Morgan fingerprint density at radius 2 is 1.54 bits per heavy atom. The van der Waals surface area contributed by atoms with Crippen LogP contribution in [0.2, 0.25) is 0 Å². The highest BCUT2D eigenvalue weighted by atomic mass is 32.2. The highest BCUT2D eigenvalue weighted by Crippen LogP contribution is 2.18. The molecule has 28 heavy (non-hydrogen) atoms. The summed E-state index contributed by atoms with van der Waals surface area (Å²) in [7, 11) is -3.53. The fourth-order valence-corrected chi connectivity index (χ4v) is 3.70. The highest BCUT2D eigenvalue weighted by Gasteiger charge is 2.17. The van der Waals surface area contributed by atoms with Gasteiger partial charge in [0.15, 0.2) is 0 Å². The predicted octanol–water partition coefficient (Wildman–Crippen LogP) is 3.26. The summed E-state index contributed by atoms with van der Waals surface area (Å²) in [5, 5.41) is 2.79. The Morgan fingerprint density at radius 3 is 2.11 bits per heavy atom. The number of hydrogen-bond donors (Lipinski definition) is 1. The van der Waals surface area contributed by atoms with E-state index in [1.54, 1.807) is 12.1 Å². The van der Waals surface area contributed by atoms with Gasteiger partial charge in [0.1, 0.15) is 11.6 Å². The third kappa shape index (κ3) is 7.26. The largest absolute Gasteiger partial charge is 0.356 e. The number of carbonyl (C=O) groups excluding carboxylic acids is 1. The van der Waals surface area contributed by atoms with E-state index in [9.17, 15) is 22.0 Å². The number of nitrogens with zero attached hydrogens (tertiary/aromatic N) is 1. The van der Waals surface area contributed by atoms with Crippen molar-refractivity contribution >= 4 is 21.6 Å². The maximum atomic E-state index is 13.0. The van der Waals surface area contributed by atoms with Crippen LogP contribution < -0.4 is 9.62 Å². The van der Waals surface area contributed by atoms with Gasteiger partial charge < -0.3 is 5.32 Å². The molecule has 8 heteroatoms. The zero-order valence-corrected chi connectivity index (χ0v) is 16.5. The Labute approximate surface area is 164 Å². The monoisotopic (exact) mass is 410 g/mol. The fourth-order valence-electron chi connectivity index (χ4n) is 2.74. The van der Waals surface area contributed by atoms with Crippen molar-refractivity contribution in [1.29, 1.82) is 0 Å². The number of hydrogen-bond acceptors (Lipinski definition) is 3. The van der Waals surface area contributed by atoms with E-state index < -0.39 is 15.8 Å². The van der Waals surface area contributed by atoms with Gasteiger partial charge in [-0.05, 0) is 61.2 Å². The zero-order chi connectivity index (χ0) is 20.6. The van der Waals surface area contributed by atoms with Crippen molar-refractivity contribution in [3.05, 3.63) is 65.7 Å². The number of anilines is 1. The van der Waals surface area contributed by atoms with Gasteiger partial charge in [0.25, 0.3) is 0 Å². The molecule has 0 aliphatic heterocycles. The molecule has 2 aromatic carbocycles. The Kier molecular flexibility index (Phi) is 7.92. The van der Waals surface area contributed by atoms with Crippen LogP contribution >= 0.6 is 0 Å². The van der Waals surface area contributed by atoms with Crippen LogP contribution in [0.25, 0.3) is 0 Å². The lowest BCUT2D eigenvalue weighted by atomic mass is 10.1. The van der Waals surface area contributed by atoms with Crippen molar-refractivity contribution in [2.45, 2.75) is 25.7 Å². The first kappa shape index (κ1) is 21.8. The molecule has 2 rings (SSSR count). The van der Waals surface area contributed by atoms with Gasteiger partial charge in [0, 0.05) is 19.5 Å². The van der Waals surface area contributed by atoms with E-state index in [1.165, 1.54) is 36.4 Å². The van der Waals surface area contributed by atoms with E-state index in [0.29, 0.717) is 18.7 Å². The second-order valence-corrected chi connectivity index (χ2v) is 8.40. The van der Waals surface area contributed by atoms with Gasteiger partial charge in [0.2, 0.25) is 15.9 Å². The average molecular weight is 410 g/mol. The van der Waals surface area contributed by atoms with Crippen molar-refractivity contribution in [2.24, 2.45) is 0 Å². The maximum absolute atomic E-state index is 13.0. The van der Waals surface area contributed by atoms with Crippen LogP contribution in [0.5, 0.6) is 0 Å². The molecule has 5 nitrogen and oxygen atoms in total. The SMILES string of the molecule is CS(=O)(=O)N(CCCC(=O)NCCCc1ccc(F)cc1)c1ccc(F)cc1. The Hall–Kier alpha value is -2.48. The molecule has 0 aliphatic carbocycles. The van der Waals surface area contributed by atoms with Crippen LogP contribution in [0.1, 0.15) is 24.8 Å². The minimum Gasteiger partial charge on any atom is -0.356 e. The lowest BCUT2D eigenvalue weighted by Crippen LogP contribution is -2.32. The van der Waals surface area contributed by atoms with Gasteiger partial charge in [0.05, 0.1) is 11.9 Å². The molecule has 1 N–H and O–H groups in total. The first-order chi connectivity index (χ1) is 13.3. The third-order valence-electron chi connectivity index (χ3n) is 4.16. The van der Waals surface area contributed by atoms with Crippen molar-refractivity contribution in [1.82, 2.24) is 5.32 Å². The summed E-state index contributed by atoms with van der Waals surface area (Å²) in [6, 6.07) is 11.4. The van der Waals surface area contributed by atoms with Crippen LogP contribution in [0.15, 0.2) is 48.5 Å². The molecule has 0 fully saturated rings. The molecular weight excluding hydrogens is 386 g/mol. The average Bonchev–Trinajstić information content (AvgIpc) is 2.64. The summed E-state index contributed by atoms with van der Waals surface area (Å²) in [6.07, 6.45) is 3.05. The summed E-state index contributed by atoms with van der Waals surface area (Å²) in [6.45, 7) is 0.622. The quantitative estimate of drug-likeness (QED) is 0.612. The number of carbonyl (C=O) groups is 1. The number of halogens is 2. The molecule has 2 aromatic rings. The molecule has 152 valence electrons. The third-order valence-corrected chi connectivity index (χ3v) is 5.35. The summed E-state index contributed by atoms with van der Waals surface area (Å²) in [5.74, 6) is -0.885. The molecule has 0 saturated heterocycles. The Bertz CT molecular complexity index is 869. The molecular formula is C20H24F2N2O3S. The number of aryl methyl sites for hydroxylation is 1. The second kappa shape index (κ2) is 10.2. The smallest absolute Gasteiger partial charge is 0.232 e. The molecule has 0 bridgehead atoms. The first-order valence-electron chi connectivity index (χ1n) is 9.00. The van der Waals surface area contributed by atoms with Gasteiger partial charge in [-0.1, -0.05) is 12.1 Å². The number of sulfonamides is 1. The predicted molar refractivity (Wildman–Crippen MR) is 106 cm³/mol. The van der Waals surface area contributed by atoms with Crippen molar-refractivity contribution in [3.8, 4) is 0 Å². The molecule has 0 saturated carbocycles. The summed E-state index contributed by atoms with van der Waals surface area (Å²) >= 11 is 0. The van der Waals surface area contributed by atoms with Crippen LogP contribution in [0.4, 0.5) is 14.5 Å². The molecule has 0 spiro atoms. The standard InChI is InChI=1S/C20H24F2N2O3S/c1-28(26,27)24(19-12-10-18(22)11-13-19)15-3-5-20(25)23-14-2-4-16-6-8-17(21)9-7-16/h6-13H,2-5,14-15H2,1H3,(H,23,25). The summed E-state index contributed by atoms with van der Waals surface area (Å²) in [4.78, 5) is 11.9. The van der Waals surface area contributed by atoms with E-state index in [1.807, 2.05) is 0 Å². The van der Waals surface area contributed by atoms with Gasteiger partial charge >= 0.3 is 0 Å².